The maximum atomic E-state index is 5.52. The van der Waals surface area contributed by atoms with Gasteiger partial charge in [0, 0.05) is 23.6 Å². The van der Waals surface area contributed by atoms with E-state index in [2.05, 4.69) is 41.3 Å². The summed E-state index contributed by atoms with van der Waals surface area (Å²) in [5.41, 5.74) is 0. The summed E-state index contributed by atoms with van der Waals surface area (Å²) in [6.07, 6.45) is 0.425. The average Bonchev–Trinajstić information content (AvgIpc) is 1.98. The molecule has 2 atom stereocenters. The summed E-state index contributed by atoms with van der Waals surface area (Å²) in [6.45, 7) is 7.58. The van der Waals surface area contributed by atoms with E-state index in [0.717, 1.165) is 13.2 Å². The molecule has 1 aliphatic heterocycles. The summed E-state index contributed by atoms with van der Waals surface area (Å²) in [7, 11) is 0. The number of morpholine rings is 1. The van der Waals surface area contributed by atoms with Gasteiger partial charge in [-0.25, -0.2) is 0 Å². The molecule has 0 aromatic heterocycles. The van der Waals surface area contributed by atoms with Crippen LogP contribution in [0.5, 0.6) is 0 Å². The molecular weight excluding hydrogens is 253 g/mol. The number of rotatable bonds is 2. The maximum Gasteiger partial charge on any atom is 0.0674 e. The fraction of sp³-hybridized carbons (Fsp3) is 1.00. The Morgan fingerprint density at radius 1 is 1.55 bits per heavy atom. The summed E-state index contributed by atoms with van der Waals surface area (Å²) < 4.78 is 6.74. The Hall–Kier alpha value is 0.650. The zero-order valence-electron chi connectivity index (χ0n) is 7.22. The molecule has 66 valence electrons. The molecule has 2 unspecified atom stereocenters. The minimum atomic E-state index is 0.425. The van der Waals surface area contributed by atoms with Gasteiger partial charge in [0.15, 0.2) is 0 Å². The minimum absolute atomic E-state index is 0.425. The van der Waals surface area contributed by atoms with Crippen LogP contribution < -0.4 is 0 Å². The van der Waals surface area contributed by atoms with Gasteiger partial charge in [-0.05, 0) is 13.8 Å². The van der Waals surface area contributed by atoms with Crippen LogP contribution >= 0.6 is 22.6 Å². The standard InChI is InChI=1S/C8H16INO/c1-7-6-11-8(2)5-10(7)4-3-9/h7-8H,3-6H2,1-2H3. The molecule has 1 saturated heterocycles. The summed E-state index contributed by atoms with van der Waals surface area (Å²) in [4.78, 5) is 2.50. The monoisotopic (exact) mass is 269 g/mol. The summed E-state index contributed by atoms with van der Waals surface area (Å²) in [5, 5.41) is 0. The van der Waals surface area contributed by atoms with Crippen LogP contribution in [0.25, 0.3) is 0 Å². The lowest BCUT2D eigenvalue weighted by Crippen LogP contribution is -2.47. The Labute approximate surface area is 82.4 Å². The molecule has 1 aliphatic rings. The fourth-order valence-electron chi connectivity index (χ4n) is 1.39. The van der Waals surface area contributed by atoms with Crippen LogP contribution in [-0.2, 0) is 4.74 Å². The van der Waals surface area contributed by atoms with Gasteiger partial charge in [0.05, 0.1) is 12.7 Å². The molecule has 1 rings (SSSR count). The number of hydrogen-bond acceptors (Lipinski definition) is 2. The molecule has 0 bridgehead atoms. The van der Waals surface area contributed by atoms with Crippen LogP contribution in [0.15, 0.2) is 0 Å². The molecule has 1 heterocycles. The average molecular weight is 269 g/mol. The van der Waals surface area contributed by atoms with Crippen molar-refractivity contribution in [1.82, 2.24) is 4.90 Å². The van der Waals surface area contributed by atoms with Gasteiger partial charge in [-0.15, -0.1) is 0 Å². The van der Waals surface area contributed by atoms with Crippen molar-refractivity contribution < 1.29 is 4.74 Å². The highest BCUT2D eigenvalue weighted by Crippen LogP contribution is 2.10. The second kappa shape index (κ2) is 4.62. The quantitative estimate of drug-likeness (QED) is 0.557. The zero-order valence-corrected chi connectivity index (χ0v) is 9.37. The second-order valence-corrected chi connectivity index (χ2v) is 4.26. The summed E-state index contributed by atoms with van der Waals surface area (Å²) >= 11 is 2.42. The Morgan fingerprint density at radius 2 is 2.27 bits per heavy atom. The van der Waals surface area contributed by atoms with Crippen molar-refractivity contribution in [3.63, 3.8) is 0 Å². The molecule has 0 spiro atoms. The van der Waals surface area contributed by atoms with Gasteiger partial charge in [-0.2, -0.15) is 0 Å². The third-order valence-corrected chi connectivity index (χ3v) is 2.59. The van der Waals surface area contributed by atoms with Crippen molar-refractivity contribution in [2.75, 3.05) is 24.1 Å². The molecule has 0 aliphatic carbocycles. The Bertz CT molecular complexity index is 121. The third kappa shape index (κ3) is 2.87. The smallest absolute Gasteiger partial charge is 0.0674 e. The van der Waals surface area contributed by atoms with E-state index in [0.29, 0.717) is 12.1 Å². The largest absolute Gasteiger partial charge is 0.376 e. The predicted octanol–water partition coefficient (Wildman–Crippen LogP) is 1.53. The maximum absolute atomic E-state index is 5.52. The molecule has 3 heteroatoms. The van der Waals surface area contributed by atoms with E-state index < -0.39 is 0 Å². The van der Waals surface area contributed by atoms with Crippen molar-refractivity contribution in [1.29, 1.82) is 0 Å². The van der Waals surface area contributed by atoms with Crippen LogP contribution in [-0.4, -0.2) is 41.2 Å². The summed E-state index contributed by atoms with van der Waals surface area (Å²) in [6, 6.07) is 0.612. The highest BCUT2D eigenvalue weighted by atomic mass is 127. The fourth-order valence-corrected chi connectivity index (χ4v) is 2.01. The highest BCUT2D eigenvalue weighted by Gasteiger charge is 2.21. The number of hydrogen-bond donors (Lipinski definition) is 0. The van der Waals surface area contributed by atoms with Crippen LogP contribution in [0.2, 0.25) is 0 Å². The topological polar surface area (TPSA) is 12.5 Å². The first kappa shape index (κ1) is 9.74. The van der Waals surface area contributed by atoms with Gasteiger partial charge in [0.1, 0.15) is 0 Å². The number of alkyl halides is 1. The Morgan fingerprint density at radius 3 is 2.91 bits per heavy atom. The number of halogens is 1. The molecule has 0 aromatic carbocycles. The first-order valence-corrected chi connectivity index (χ1v) is 5.68. The van der Waals surface area contributed by atoms with E-state index in [1.807, 2.05) is 0 Å². The number of ether oxygens (including phenoxy) is 1. The molecule has 0 amide bonds. The van der Waals surface area contributed by atoms with Gasteiger partial charge in [-0.1, -0.05) is 22.6 Å². The van der Waals surface area contributed by atoms with Gasteiger partial charge in [0.25, 0.3) is 0 Å². The van der Waals surface area contributed by atoms with Gasteiger partial charge in [-0.3, -0.25) is 4.90 Å². The SMILES string of the molecule is CC1CN(CCI)C(C)CO1. The molecule has 0 N–H and O–H groups in total. The molecule has 11 heavy (non-hydrogen) atoms. The van der Waals surface area contributed by atoms with Crippen molar-refractivity contribution in [3.05, 3.63) is 0 Å². The highest BCUT2D eigenvalue weighted by molar-refractivity contribution is 14.1. The van der Waals surface area contributed by atoms with Crippen LogP contribution in [0.3, 0.4) is 0 Å². The van der Waals surface area contributed by atoms with Crippen LogP contribution in [0.4, 0.5) is 0 Å². The van der Waals surface area contributed by atoms with Crippen molar-refractivity contribution in [3.8, 4) is 0 Å². The van der Waals surface area contributed by atoms with E-state index in [1.165, 1.54) is 11.0 Å². The lowest BCUT2D eigenvalue weighted by molar-refractivity contribution is -0.0465. The van der Waals surface area contributed by atoms with E-state index in [9.17, 15) is 0 Å². The number of nitrogens with zero attached hydrogens (tertiary/aromatic N) is 1. The second-order valence-electron chi connectivity index (χ2n) is 3.18. The van der Waals surface area contributed by atoms with E-state index in [1.54, 1.807) is 0 Å². The molecule has 1 fully saturated rings. The van der Waals surface area contributed by atoms with Gasteiger partial charge in [0.2, 0.25) is 0 Å². The first-order valence-electron chi connectivity index (χ1n) is 4.15. The lowest BCUT2D eigenvalue weighted by Gasteiger charge is -2.36. The Balaban J connectivity index is 2.34. The van der Waals surface area contributed by atoms with Crippen LogP contribution in [0, 0.1) is 0 Å². The van der Waals surface area contributed by atoms with Crippen molar-refractivity contribution >= 4 is 22.6 Å². The zero-order chi connectivity index (χ0) is 8.27. The van der Waals surface area contributed by atoms with Gasteiger partial charge >= 0.3 is 0 Å². The molecule has 0 radical (unpaired) electrons. The van der Waals surface area contributed by atoms with Crippen LogP contribution in [0.1, 0.15) is 13.8 Å². The van der Waals surface area contributed by atoms with E-state index >= 15 is 0 Å². The summed E-state index contributed by atoms with van der Waals surface area (Å²) in [5.74, 6) is 0. The Kier molecular flexibility index (Phi) is 4.09. The third-order valence-electron chi connectivity index (χ3n) is 2.11. The molecule has 0 saturated carbocycles. The molecule has 0 aromatic rings. The predicted molar refractivity (Wildman–Crippen MR) is 55.3 cm³/mol. The molecular formula is C8H16INO. The van der Waals surface area contributed by atoms with Crippen molar-refractivity contribution in [2.45, 2.75) is 26.0 Å². The van der Waals surface area contributed by atoms with Gasteiger partial charge < -0.3 is 4.74 Å². The van der Waals surface area contributed by atoms with E-state index in [-0.39, 0.29) is 0 Å². The molecule has 2 nitrogen and oxygen atoms in total. The normalized spacial score (nSPS) is 34.1. The van der Waals surface area contributed by atoms with Crippen molar-refractivity contribution in [2.24, 2.45) is 0 Å². The minimum Gasteiger partial charge on any atom is -0.376 e. The lowest BCUT2D eigenvalue weighted by atomic mass is 10.2. The van der Waals surface area contributed by atoms with E-state index in [4.69, 9.17) is 4.74 Å². The first-order chi connectivity index (χ1) is 5.24.